The Morgan fingerprint density at radius 3 is 2.50 bits per heavy atom. The van der Waals surface area contributed by atoms with Crippen LogP contribution in [-0.2, 0) is 0 Å². The molecule has 1 rings (SSSR count). The highest BCUT2D eigenvalue weighted by Gasteiger charge is 2.26. The zero-order valence-corrected chi connectivity index (χ0v) is 9.50. The molecule has 2 heteroatoms. The molecule has 86 valence electrons. The van der Waals surface area contributed by atoms with E-state index in [1.165, 1.54) is 0 Å². The standard InChI is InChI=1S/C14H18O2/c1-3-14(2,11-15)13(16)10-9-12-7-5-4-6-8-12/h3-10,13,15-16H,1,11H2,2H3/b10-9+/t13-,14-/m1/s1. The Morgan fingerprint density at radius 1 is 1.38 bits per heavy atom. The Labute approximate surface area is 96.6 Å². The Morgan fingerprint density at radius 2 is 2.00 bits per heavy atom. The fourth-order valence-electron chi connectivity index (χ4n) is 1.27. The zero-order valence-electron chi connectivity index (χ0n) is 9.50. The third-order valence-electron chi connectivity index (χ3n) is 2.75. The van der Waals surface area contributed by atoms with Gasteiger partial charge in [-0.25, -0.2) is 0 Å². The van der Waals surface area contributed by atoms with Gasteiger partial charge in [-0.1, -0.05) is 55.5 Å². The summed E-state index contributed by atoms with van der Waals surface area (Å²) in [5.41, 5.74) is 0.330. The van der Waals surface area contributed by atoms with Crippen molar-refractivity contribution in [3.8, 4) is 0 Å². The number of aliphatic hydroxyl groups is 2. The summed E-state index contributed by atoms with van der Waals surface area (Å²) in [6.07, 6.45) is 4.35. The average Bonchev–Trinajstić information content (AvgIpc) is 2.36. The lowest BCUT2D eigenvalue weighted by molar-refractivity contribution is 0.0603. The second-order valence-corrected chi connectivity index (χ2v) is 4.08. The van der Waals surface area contributed by atoms with Gasteiger partial charge in [0.2, 0.25) is 0 Å². The van der Waals surface area contributed by atoms with Crippen molar-refractivity contribution in [3.63, 3.8) is 0 Å². The second kappa shape index (κ2) is 5.64. The summed E-state index contributed by atoms with van der Waals surface area (Å²) >= 11 is 0. The van der Waals surface area contributed by atoms with Gasteiger partial charge in [0, 0.05) is 5.41 Å². The van der Waals surface area contributed by atoms with E-state index in [4.69, 9.17) is 0 Å². The number of hydrogen-bond donors (Lipinski definition) is 2. The lowest BCUT2D eigenvalue weighted by atomic mass is 9.85. The van der Waals surface area contributed by atoms with Crippen molar-refractivity contribution in [2.24, 2.45) is 5.41 Å². The van der Waals surface area contributed by atoms with E-state index >= 15 is 0 Å². The third kappa shape index (κ3) is 3.05. The van der Waals surface area contributed by atoms with Gasteiger partial charge in [0.1, 0.15) is 0 Å². The first kappa shape index (κ1) is 12.7. The molecule has 2 N–H and O–H groups in total. The van der Waals surface area contributed by atoms with Gasteiger partial charge in [0.15, 0.2) is 0 Å². The second-order valence-electron chi connectivity index (χ2n) is 4.08. The first-order valence-corrected chi connectivity index (χ1v) is 5.28. The van der Waals surface area contributed by atoms with Gasteiger partial charge in [-0.15, -0.1) is 6.58 Å². The van der Waals surface area contributed by atoms with Crippen LogP contribution in [0.25, 0.3) is 6.08 Å². The summed E-state index contributed by atoms with van der Waals surface area (Å²) < 4.78 is 0. The molecule has 0 amide bonds. The van der Waals surface area contributed by atoms with E-state index in [1.807, 2.05) is 36.4 Å². The van der Waals surface area contributed by atoms with Crippen molar-refractivity contribution >= 4 is 6.08 Å². The van der Waals surface area contributed by atoms with Crippen LogP contribution < -0.4 is 0 Å². The summed E-state index contributed by atoms with van der Waals surface area (Å²) in [6, 6.07) is 9.71. The van der Waals surface area contributed by atoms with Gasteiger partial charge in [-0.05, 0) is 5.56 Å². The van der Waals surface area contributed by atoms with Crippen molar-refractivity contribution in [3.05, 3.63) is 54.6 Å². The van der Waals surface area contributed by atoms with E-state index in [0.717, 1.165) is 5.56 Å². The predicted molar refractivity (Wildman–Crippen MR) is 66.9 cm³/mol. The molecule has 0 saturated heterocycles. The molecule has 2 nitrogen and oxygen atoms in total. The molecular weight excluding hydrogens is 200 g/mol. The fourth-order valence-corrected chi connectivity index (χ4v) is 1.27. The maximum absolute atomic E-state index is 9.91. The van der Waals surface area contributed by atoms with Crippen LogP contribution >= 0.6 is 0 Å². The molecule has 1 aromatic carbocycles. The molecule has 0 unspecified atom stereocenters. The van der Waals surface area contributed by atoms with Crippen molar-refractivity contribution in [1.29, 1.82) is 0 Å². The SMILES string of the molecule is C=C[C@](C)(CO)[C@H](O)/C=C/c1ccccc1. The molecule has 0 radical (unpaired) electrons. The first-order valence-electron chi connectivity index (χ1n) is 5.28. The zero-order chi connectivity index (χ0) is 12.0. The summed E-state index contributed by atoms with van der Waals surface area (Å²) in [5.74, 6) is 0. The van der Waals surface area contributed by atoms with E-state index < -0.39 is 11.5 Å². The van der Waals surface area contributed by atoms with Crippen LogP contribution in [0.4, 0.5) is 0 Å². The summed E-state index contributed by atoms with van der Waals surface area (Å²) in [7, 11) is 0. The minimum absolute atomic E-state index is 0.128. The molecular formula is C14H18O2. The highest BCUT2D eigenvalue weighted by molar-refractivity contribution is 5.49. The van der Waals surface area contributed by atoms with Crippen LogP contribution in [0, 0.1) is 5.41 Å². The van der Waals surface area contributed by atoms with Crippen molar-refractivity contribution in [2.75, 3.05) is 6.61 Å². The van der Waals surface area contributed by atoms with Crippen LogP contribution in [0.1, 0.15) is 12.5 Å². The molecule has 0 spiro atoms. The Balaban J connectivity index is 2.74. The normalized spacial score (nSPS) is 16.9. The topological polar surface area (TPSA) is 40.5 Å². The monoisotopic (exact) mass is 218 g/mol. The molecule has 0 aliphatic heterocycles. The summed E-state index contributed by atoms with van der Waals surface area (Å²) in [6.45, 7) is 5.26. The van der Waals surface area contributed by atoms with Crippen LogP contribution in [0.15, 0.2) is 49.1 Å². The Hall–Kier alpha value is -1.38. The van der Waals surface area contributed by atoms with Gasteiger partial charge in [-0.2, -0.15) is 0 Å². The third-order valence-corrected chi connectivity index (χ3v) is 2.75. The van der Waals surface area contributed by atoms with E-state index in [1.54, 1.807) is 19.1 Å². The minimum Gasteiger partial charge on any atom is -0.395 e. The van der Waals surface area contributed by atoms with Crippen molar-refractivity contribution in [1.82, 2.24) is 0 Å². The van der Waals surface area contributed by atoms with E-state index in [0.29, 0.717) is 0 Å². The first-order chi connectivity index (χ1) is 7.62. The Kier molecular flexibility index (Phi) is 4.47. The molecule has 0 aromatic heterocycles. The number of aliphatic hydroxyl groups excluding tert-OH is 2. The molecule has 2 atom stereocenters. The molecule has 0 heterocycles. The van der Waals surface area contributed by atoms with E-state index in [-0.39, 0.29) is 6.61 Å². The van der Waals surface area contributed by atoms with Crippen molar-refractivity contribution in [2.45, 2.75) is 13.0 Å². The lowest BCUT2D eigenvalue weighted by Gasteiger charge is -2.26. The largest absolute Gasteiger partial charge is 0.395 e. The maximum Gasteiger partial charge on any atom is 0.0834 e. The summed E-state index contributed by atoms with van der Waals surface area (Å²) in [4.78, 5) is 0. The minimum atomic E-state index is -0.741. The molecule has 0 bridgehead atoms. The van der Waals surface area contributed by atoms with E-state index in [9.17, 15) is 10.2 Å². The van der Waals surface area contributed by atoms with Crippen LogP contribution in [0.3, 0.4) is 0 Å². The summed E-state index contributed by atoms with van der Waals surface area (Å²) in [5, 5.41) is 19.1. The number of rotatable bonds is 5. The average molecular weight is 218 g/mol. The van der Waals surface area contributed by atoms with Crippen LogP contribution in [0.5, 0.6) is 0 Å². The lowest BCUT2D eigenvalue weighted by Crippen LogP contribution is -2.32. The number of benzene rings is 1. The van der Waals surface area contributed by atoms with Crippen LogP contribution in [-0.4, -0.2) is 22.9 Å². The molecule has 0 aliphatic carbocycles. The van der Waals surface area contributed by atoms with Crippen molar-refractivity contribution < 1.29 is 10.2 Å². The smallest absolute Gasteiger partial charge is 0.0834 e. The quantitative estimate of drug-likeness (QED) is 0.744. The molecule has 0 fully saturated rings. The van der Waals surface area contributed by atoms with Gasteiger partial charge in [0.05, 0.1) is 12.7 Å². The highest BCUT2D eigenvalue weighted by Crippen LogP contribution is 2.23. The highest BCUT2D eigenvalue weighted by atomic mass is 16.3. The molecule has 16 heavy (non-hydrogen) atoms. The fraction of sp³-hybridized carbons (Fsp3) is 0.286. The van der Waals surface area contributed by atoms with Gasteiger partial charge >= 0.3 is 0 Å². The van der Waals surface area contributed by atoms with E-state index in [2.05, 4.69) is 6.58 Å². The molecule has 0 aliphatic rings. The van der Waals surface area contributed by atoms with Gasteiger partial charge < -0.3 is 10.2 Å². The van der Waals surface area contributed by atoms with Crippen LogP contribution in [0.2, 0.25) is 0 Å². The maximum atomic E-state index is 9.91. The number of hydrogen-bond acceptors (Lipinski definition) is 2. The predicted octanol–water partition coefficient (Wildman–Crippen LogP) is 2.25. The van der Waals surface area contributed by atoms with Gasteiger partial charge in [0.25, 0.3) is 0 Å². The van der Waals surface area contributed by atoms with Gasteiger partial charge in [-0.3, -0.25) is 0 Å². The molecule has 1 aromatic rings. The molecule has 0 saturated carbocycles. The Bertz CT molecular complexity index is 356.